The molecule has 0 heterocycles. The molecule has 8 nitrogen and oxygen atoms in total. The van der Waals surface area contributed by atoms with Crippen molar-refractivity contribution >= 4 is 35.4 Å². The summed E-state index contributed by atoms with van der Waals surface area (Å²) >= 11 is 5.93. The maximum atomic E-state index is 13.1. The van der Waals surface area contributed by atoms with Crippen LogP contribution in [0.15, 0.2) is 24.3 Å². The van der Waals surface area contributed by atoms with Gasteiger partial charge in [-0.15, -0.1) is 0 Å². The highest BCUT2D eigenvalue weighted by atomic mass is 35.5. The Balaban J connectivity index is 3.00. The number of nitrogens with one attached hydrogen (secondary N) is 2. The summed E-state index contributed by atoms with van der Waals surface area (Å²) < 4.78 is 5.14. The molecule has 0 aliphatic carbocycles. The largest absolute Gasteiger partial charge is 0.481 e. The average molecular weight is 469 g/mol. The first kappa shape index (κ1) is 27.4. The van der Waals surface area contributed by atoms with Crippen molar-refractivity contribution in [3.8, 4) is 0 Å². The number of hydrogen-bond donors (Lipinski definition) is 3. The van der Waals surface area contributed by atoms with E-state index < -0.39 is 41.4 Å². The van der Waals surface area contributed by atoms with Gasteiger partial charge in [0.2, 0.25) is 11.8 Å². The molecule has 0 radical (unpaired) electrons. The summed E-state index contributed by atoms with van der Waals surface area (Å²) in [6.07, 6.45) is -0.866. The number of carbonyl (C=O) groups is 4. The summed E-state index contributed by atoms with van der Waals surface area (Å²) in [5, 5.41) is 14.8. The Morgan fingerprint density at radius 1 is 1.03 bits per heavy atom. The monoisotopic (exact) mass is 468 g/mol. The van der Waals surface area contributed by atoms with Crippen LogP contribution < -0.4 is 10.6 Å². The van der Waals surface area contributed by atoms with Gasteiger partial charge in [-0.05, 0) is 57.7 Å². The molecule has 0 unspecified atom stereocenters. The van der Waals surface area contributed by atoms with E-state index in [1.807, 2.05) is 0 Å². The third kappa shape index (κ3) is 8.15. The number of amides is 2. The van der Waals surface area contributed by atoms with Gasteiger partial charge < -0.3 is 20.5 Å². The van der Waals surface area contributed by atoms with Gasteiger partial charge in [-0.3, -0.25) is 14.4 Å². The Bertz CT molecular complexity index is 820. The van der Waals surface area contributed by atoms with Gasteiger partial charge in [0.1, 0.15) is 12.1 Å². The van der Waals surface area contributed by atoms with Crippen LogP contribution in [0.2, 0.25) is 5.02 Å². The summed E-state index contributed by atoms with van der Waals surface area (Å²) in [5.41, 5.74) is -0.223. The first-order chi connectivity index (χ1) is 14.7. The molecule has 0 spiro atoms. The van der Waals surface area contributed by atoms with E-state index in [1.165, 1.54) is 0 Å². The zero-order valence-corrected chi connectivity index (χ0v) is 20.2. The first-order valence-electron chi connectivity index (χ1n) is 10.5. The molecular weight excluding hydrogens is 436 g/mol. The van der Waals surface area contributed by atoms with E-state index >= 15 is 0 Å². The van der Waals surface area contributed by atoms with Crippen LogP contribution in [-0.4, -0.2) is 47.0 Å². The number of aliphatic carboxylic acids is 1. The van der Waals surface area contributed by atoms with Crippen LogP contribution in [-0.2, 0) is 29.3 Å². The van der Waals surface area contributed by atoms with Crippen LogP contribution >= 0.6 is 11.6 Å². The number of carboxylic acid groups (broad SMARTS) is 1. The topological polar surface area (TPSA) is 122 Å². The molecule has 1 aromatic carbocycles. The van der Waals surface area contributed by atoms with Gasteiger partial charge >= 0.3 is 11.9 Å². The number of hydrogen-bond acceptors (Lipinski definition) is 5. The van der Waals surface area contributed by atoms with E-state index in [2.05, 4.69) is 10.6 Å². The standard InChI is InChI=1S/C23H33ClN2O6/c1-13(2)19(26-22(31)23(5,6)15-7-9-16(24)10-8-15)20(29)25-17(11-12-18(27)28)21(30)32-14(3)4/h7-10,13-14,17,19H,11-12H2,1-6H3,(H,25,29)(H,26,31)(H,27,28)/t17-,19+/m1/s1. The second-order valence-electron chi connectivity index (χ2n) is 8.81. The zero-order chi connectivity index (χ0) is 24.6. The Hall–Kier alpha value is -2.61. The molecule has 0 aliphatic rings. The molecule has 0 fully saturated rings. The van der Waals surface area contributed by atoms with Gasteiger partial charge in [0.15, 0.2) is 0 Å². The summed E-state index contributed by atoms with van der Waals surface area (Å²) in [7, 11) is 0. The summed E-state index contributed by atoms with van der Waals surface area (Å²) in [6, 6.07) is 4.79. The minimum absolute atomic E-state index is 0.123. The van der Waals surface area contributed by atoms with E-state index in [0.717, 1.165) is 5.56 Å². The quantitative estimate of drug-likeness (QED) is 0.429. The summed E-state index contributed by atoms with van der Waals surface area (Å²) in [4.78, 5) is 49.3. The van der Waals surface area contributed by atoms with Crippen molar-refractivity contribution < 1.29 is 29.0 Å². The fraction of sp³-hybridized carbons (Fsp3) is 0.565. The van der Waals surface area contributed by atoms with E-state index in [1.54, 1.807) is 65.8 Å². The molecule has 1 aromatic rings. The van der Waals surface area contributed by atoms with Gasteiger partial charge in [-0.1, -0.05) is 37.6 Å². The summed E-state index contributed by atoms with van der Waals surface area (Å²) in [5.74, 6) is -3.07. The molecule has 3 N–H and O–H groups in total. The van der Waals surface area contributed by atoms with Crippen molar-refractivity contribution in [3.05, 3.63) is 34.9 Å². The molecule has 1 rings (SSSR count). The predicted octanol–water partition coefficient (Wildman–Crippen LogP) is 3.06. The third-order valence-corrected chi connectivity index (χ3v) is 5.22. The lowest BCUT2D eigenvalue weighted by Crippen LogP contribution is -2.56. The van der Waals surface area contributed by atoms with Gasteiger partial charge in [0, 0.05) is 11.4 Å². The van der Waals surface area contributed by atoms with Gasteiger partial charge in [-0.25, -0.2) is 4.79 Å². The van der Waals surface area contributed by atoms with Crippen molar-refractivity contribution in [1.82, 2.24) is 10.6 Å². The summed E-state index contributed by atoms with van der Waals surface area (Å²) in [6.45, 7) is 10.3. The molecule has 2 amide bonds. The van der Waals surface area contributed by atoms with Crippen molar-refractivity contribution in [2.24, 2.45) is 5.92 Å². The molecular formula is C23H33ClN2O6. The lowest BCUT2D eigenvalue weighted by atomic mass is 9.83. The third-order valence-electron chi connectivity index (χ3n) is 4.97. The number of ether oxygens (including phenoxy) is 1. The number of halogens is 1. The SMILES string of the molecule is CC(C)OC(=O)[C@@H](CCC(=O)O)NC(=O)[C@@H](NC(=O)C(C)(C)c1ccc(Cl)cc1)C(C)C. The Kier molecular flexibility index (Phi) is 10.2. The van der Waals surface area contributed by atoms with Crippen molar-refractivity contribution in [2.75, 3.05) is 0 Å². The number of rotatable bonds is 11. The lowest BCUT2D eigenvalue weighted by molar-refractivity contribution is -0.152. The van der Waals surface area contributed by atoms with Gasteiger partial charge in [-0.2, -0.15) is 0 Å². The highest BCUT2D eigenvalue weighted by molar-refractivity contribution is 6.30. The number of carboxylic acids is 1. The molecule has 0 aliphatic heterocycles. The maximum absolute atomic E-state index is 13.1. The fourth-order valence-corrected chi connectivity index (χ4v) is 3.07. The molecule has 178 valence electrons. The van der Waals surface area contributed by atoms with Gasteiger partial charge in [0.05, 0.1) is 11.5 Å². The Morgan fingerprint density at radius 2 is 1.59 bits per heavy atom. The van der Waals surface area contributed by atoms with E-state index in [0.29, 0.717) is 5.02 Å². The van der Waals surface area contributed by atoms with Crippen molar-refractivity contribution in [2.45, 2.75) is 78.0 Å². The number of carbonyl (C=O) groups excluding carboxylic acids is 3. The van der Waals surface area contributed by atoms with Crippen LogP contribution in [0.5, 0.6) is 0 Å². The predicted molar refractivity (Wildman–Crippen MR) is 121 cm³/mol. The zero-order valence-electron chi connectivity index (χ0n) is 19.4. The number of esters is 1. The highest BCUT2D eigenvalue weighted by Gasteiger charge is 2.35. The molecule has 0 saturated heterocycles. The van der Waals surface area contributed by atoms with Crippen molar-refractivity contribution in [3.63, 3.8) is 0 Å². The van der Waals surface area contributed by atoms with Crippen LogP contribution in [0, 0.1) is 5.92 Å². The molecule has 0 saturated carbocycles. The van der Waals surface area contributed by atoms with Crippen LogP contribution in [0.4, 0.5) is 0 Å². The number of benzene rings is 1. The fourth-order valence-electron chi connectivity index (χ4n) is 2.95. The lowest BCUT2D eigenvalue weighted by Gasteiger charge is -2.30. The second kappa shape index (κ2) is 11.9. The Labute approximate surface area is 194 Å². The van der Waals surface area contributed by atoms with E-state index in [9.17, 15) is 19.2 Å². The van der Waals surface area contributed by atoms with E-state index in [-0.39, 0.29) is 24.7 Å². The maximum Gasteiger partial charge on any atom is 0.328 e. The first-order valence-corrected chi connectivity index (χ1v) is 10.9. The van der Waals surface area contributed by atoms with Crippen LogP contribution in [0.1, 0.15) is 59.9 Å². The minimum atomic E-state index is -1.14. The van der Waals surface area contributed by atoms with Gasteiger partial charge in [0.25, 0.3) is 0 Å². The average Bonchev–Trinajstić information content (AvgIpc) is 2.68. The normalized spacial score (nSPS) is 13.4. The van der Waals surface area contributed by atoms with Crippen molar-refractivity contribution in [1.29, 1.82) is 0 Å². The van der Waals surface area contributed by atoms with Crippen LogP contribution in [0.3, 0.4) is 0 Å². The smallest absolute Gasteiger partial charge is 0.328 e. The highest BCUT2D eigenvalue weighted by Crippen LogP contribution is 2.25. The Morgan fingerprint density at radius 3 is 2.06 bits per heavy atom. The molecule has 2 atom stereocenters. The molecule has 0 aromatic heterocycles. The molecule has 0 bridgehead atoms. The van der Waals surface area contributed by atoms with Crippen LogP contribution in [0.25, 0.3) is 0 Å². The minimum Gasteiger partial charge on any atom is -0.481 e. The molecule has 32 heavy (non-hydrogen) atoms. The second-order valence-corrected chi connectivity index (χ2v) is 9.24. The molecule has 9 heteroatoms. The van der Waals surface area contributed by atoms with E-state index in [4.69, 9.17) is 21.4 Å².